The maximum Gasteiger partial charge on any atom is 0.0175 e. The van der Waals surface area contributed by atoms with Crippen molar-refractivity contribution in [1.82, 2.24) is 0 Å². The number of rotatable bonds is 4. The average Bonchev–Trinajstić information content (AvgIpc) is 2.17. The SMILES string of the molecule is BrCC(Cc1ccc(Br)cc1)C1CCC1. The quantitative estimate of drug-likeness (QED) is 0.695. The molecule has 82 valence electrons. The van der Waals surface area contributed by atoms with Crippen LogP contribution >= 0.6 is 31.9 Å². The summed E-state index contributed by atoms with van der Waals surface area (Å²) in [5, 5.41) is 1.15. The van der Waals surface area contributed by atoms with Gasteiger partial charge in [0.25, 0.3) is 0 Å². The van der Waals surface area contributed by atoms with Gasteiger partial charge in [0.15, 0.2) is 0 Å². The molecule has 1 aromatic rings. The Balaban J connectivity index is 1.96. The molecule has 0 aliphatic heterocycles. The molecular formula is C13H16Br2. The smallest absolute Gasteiger partial charge is 0.0175 e. The molecule has 1 aliphatic carbocycles. The molecule has 1 aromatic carbocycles. The first-order valence-corrected chi connectivity index (χ1v) is 7.51. The number of alkyl halides is 1. The van der Waals surface area contributed by atoms with Gasteiger partial charge in [0.1, 0.15) is 0 Å². The van der Waals surface area contributed by atoms with E-state index in [1.165, 1.54) is 35.7 Å². The fourth-order valence-corrected chi connectivity index (χ4v) is 3.20. The minimum atomic E-state index is 0.833. The van der Waals surface area contributed by atoms with Gasteiger partial charge in [-0.3, -0.25) is 0 Å². The Morgan fingerprint density at radius 1 is 1.20 bits per heavy atom. The van der Waals surface area contributed by atoms with Crippen LogP contribution in [0.15, 0.2) is 28.7 Å². The van der Waals surface area contributed by atoms with Crippen molar-refractivity contribution < 1.29 is 0 Å². The Morgan fingerprint density at radius 2 is 1.87 bits per heavy atom. The van der Waals surface area contributed by atoms with Crippen LogP contribution in [0.5, 0.6) is 0 Å². The van der Waals surface area contributed by atoms with Crippen molar-refractivity contribution in [2.24, 2.45) is 11.8 Å². The molecule has 15 heavy (non-hydrogen) atoms. The Bertz CT molecular complexity index is 301. The van der Waals surface area contributed by atoms with Crippen molar-refractivity contribution in [3.05, 3.63) is 34.3 Å². The van der Waals surface area contributed by atoms with Gasteiger partial charge in [-0.15, -0.1) is 0 Å². The molecular weight excluding hydrogens is 316 g/mol. The van der Waals surface area contributed by atoms with E-state index in [9.17, 15) is 0 Å². The molecule has 2 heteroatoms. The lowest BCUT2D eigenvalue weighted by Crippen LogP contribution is -2.24. The lowest BCUT2D eigenvalue weighted by atomic mass is 9.74. The van der Waals surface area contributed by atoms with Crippen LogP contribution in [0.4, 0.5) is 0 Å². The van der Waals surface area contributed by atoms with Gasteiger partial charge in [0.2, 0.25) is 0 Å². The third-order valence-electron chi connectivity index (χ3n) is 3.43. The van der Waals surface area contributed by atoms with Crippen molar-refractivity contribution in [1.29, 1.82) is 0 Å². The fourth-order valence-electron chi connectivity index (χ4n) is 2.18. The molecule has 0 nitrogen and oxygen atoms in total. The second-order valence-electron chi connectivity index (χ2n) is 4.44. The van der Waals surface area contributed by atoms with E-state index in [0.717, 1.165) is 17.2 Å². The highest BCUT2D eigenvalue weighted by Crippen LogP contribution is 2.36. The zero-order valence-electron chi connectivity index (χ0n) is 8.76. The first-order chi connectivity index (χ1) is 7.29. The van der Waals surface area contributed by atoms with Gasteiger partial charge in [-0.1, -0.05) is 63.3 Å². The van der Waals surface area contributed by atoms with Gasteiger partial charge in [0.05, 0.1) is 0 Å². The maximum absolute atomic E-state index is 3.65. The number of halogens is 2. The molecule has 0 heterocycles. The minimum Gasteiger partial charge on any atom is -0.0925 e. The first-order valence-electron chi connectivity index (χ1n) is 5.60. The van der Waals surface area contributed by atoms with Gasteiger partial charge < -0.3 is 0 Å². The van der Waals surface area contributed by atoms with Crippen LogP contribution in [-0.4, -0.2) is 5.33 Å². The Labute approximate surface area is 109 Å². The third-order valence-corrected chi connectivity index (χ3v) is 4.79. The molecule has 1 unspecified atom stereocenters. The van der Waals surface area contributed by atoms with Crippen LogP contribution < -0.4 is 0 Å². The van der Waals surface area contributed by atoms with E-state index in [4.69, 9.17) is 0 Å². The van der Waals surface area contributed by atoms with Crippen molar-refractivity contribution in [3.63, 3.8) is 0 Å². The van der Waals surface area contributed by atoms with E-state index >= 15 is 0 Å². The van der Waals surface area contributed by atoms with E-state index in [-0.39, 0.29) is 0 Å². The van der Waals surface area contributed by atoms with Crippen molar-refractivity contribution in [2.45, 2.75) is 25.7 Å². The molecule has 0 saturated heterocycles. The van der Waals surface area contributed by atoms with Crippen molar-refractivity contribution in [2.75, 3.05) is 5.33 Å². The molecule has 0 spiro atoms. The van der Waals surface area contributed by atoms with E-state index in [0.29, 0.717) is 0 Å². The summed E-state index contributed by atoms with van der Waals surface area (Å²) in [6.07, 6.45) is 5.54. The summed E-state index contributed by atoms with van der Waals surface area (Å²) in [6.45, 7) is 0. The third kappa shape index (κ3) is 3.07. The molecule has 1 saturated carbocycles. The molecule has 0 bridgehead atoms. The fraction of sp³-hybridized carbons (Fsp3) is 0.538. The average molecular weight is 332 g/mol. The van der Waals surface area contributed by atoms with Crippen LogP contribution in [0.2, 0.25) is 0 Å². The van der Waals surface area contributed by atoms with Gasteiger partial charge in [0, 0.05) is 9.80 Å². The summed E-state index contributed by atoms with van der Waals surface area (Å²) < 4.78 is 1.17. The largest absolute Gasteiger partial charge is 0.0925 e. The minimum absolute atomic E-state index is 0.833. The lowest BCUT2D eigenvalue weighted by molar-refractivity contribution is 0.224. The molecule has 0 radical (unpaired) electrons. The molecule has 0 aromatic heterocycles. The number of benzene rings is 1. The Kier molecular flexibility index (Phi) is 4.27. The predicted octanol–water partition coefficient (Wildman–Crippen LogP) is 4.80. The van der Waals surface area contributed by atoms with Gasteiger partial charge in [-0.2, -0.15) is 0 Å². The van der Waals surface area contributed by atoms with Crippen molar-refractivity contribution in [3.8, 4) is 0 Å². The maximum atomic E-state index is 3.65. The standard InChI is InChI=1S/C13H16Br2/c14-9-12(11-2-1-3-11)8-10-4-6-13(15)7-5-10/h4-7,11-12H,1-3,8-9H2. The molecule has 0 amide bonds. The van der Waals surface area contributed by atoms with Crippen LogP contribution in [0.3, 0.4) is 0 Å². The van der Waals surface area contributed by atoms with E-state index in [2.05, 4.69) is 56.1 Å². The van der Waals surface area contributed by atoms with Gasteiger partial charge in [-0.25, -0.2) is 0 Å². The summed E-state index contributed by atoms with van der Waals surface area (Å²) in [5.41, 5.74) is 1.47. The highest BCUT2D eigenvalue weighted by atomic mass is 79.9. The monoisotopic (exact) mass is 330 g/mol. The molecule has 1 aliphatic rings. The second kappa shape index (κ2) is 5.49. The van der Waals surface area contributed by atoms with E-state index < -0.39 is 0 Å². The Hall–Kier alpha value is 0.180. The zero-order valence-corrected chi connectivity index (χ0v) is 11.9. The summed E-state index contributed by atoms with van der Waals surface area (Å²) in [4.78, 5) is 0. The Morgan fingerprint density at radius 3 is 2.33 bits per heavy atom. The highest BCUT2D eigenvalue weighted by Gasteiger charge is 2.26. The molecule has 1 atom stereocenters. The van der Waals surface area contributed by atoms with Crippen LogP contribution in [0.25, 0.3) is 0 Å². The van der Waals surface area contributed by atoms with E-state index in [1.54, 1.807) is 0 Å². The van der Waals surface area contributed by atoms with Crippen molar-refractivity contribution >= 4 is 31.9 Å². The van der Waals surface area contributed by atoms with Crippen LogP contribution in [0.1, 0.15) is 24.8 Å². The molecule has 1 fully saturated rings. The number of hydrogen-bond donors (Lipinski definition) is 0. The normalized spacial score (nSPS) is 18.5. The van der Waals surface area contributed by atoms with Gasteiger partial charge >= 0.3 is 0 Å². The number of hydrogen-bond acceptors (Lipinski definition) is 0. The topological polar surface area (TPSA) is 0 Å². The summed E-state index contributed by atoms with van der Waals surface area (Å²) in [7, 11) is 0. The molecule has 2 rings (SSSR count). The lowest BCUT2D eigenvalue weighted by Gasteiger charge is -2.32. The summed E-state index contributed by atoms with van der Waals surface area (Å²) >= 11 is 7.13. The first kappa shape index (κ1) is 11.7. The second-order valence-corrected chi connectivity index (χ2v) is 6.00. The van der Waals surface area contributed by atoms with E-state index in [1.807, 2.05) is 0 Å². The summed E-state index contributed by atoms with van der Waals surface area (Å²) in [5.74, 6) is 1.80. The van der Waals surface area contributed by atoms with Gasteiger partial charge in [-0.05, 0) is 36.0 Å². The van der Waals surface area contributed by atoms with Crippen LogP contribution in [-0.2, 0) is 6.42 Å². The predicted molar refractivity (Wildman–Crippen MR) is 72.5 cm³/mol. The zero-order chi connectivity index (χ0) is 10.7. The van der Waals surface area contributed by atoms with Crippen LogP contribution in [0, 0.1) is 11.8 Å². The molecule has 0 N–H and O–H groups in total. The summed E-state index contributed by atoms with van der Waals surface area (Å²) in [6, 6.07) is 8.75. The highest BCUT2D eigenvalue weighted by molar-refractivity contribution is 9.10.